The summed E-state index contributed by atoms with van der Waals surface area (Å²) in [7, 11) is 0. The Morgan fingerprint density at radius 1 is 0.554 bits per heavy atom. The Hall–Kier alpha value is -5.08. The van der Waals surface area contributed by atoms with Crippen molar-refractivity contribution in [1.82, 2.24) is 0 Å². The molecule has 0 spiro atoms. The lowest BCUT2D eigenvalue weighted by Crippen LogP contribution is -2.26. The molecule has 0 fully saturated rings. The fraction of sp³-hybridized carbons (Fsp3) is 0.381. The van der Waals surface area contributed by atoms with Crippen LogP contribution >= 0.6 is 0 Å². The van der Waals surface area contributed by atoms with E-state index in [0.717, 1.165) is 35.4 Å². The summed E-state index contributed by atoms with van der Waals surface area (Å²) in [5.41, 5.74) is -1.49. The molecule has 0 aliphatic heterocycles. The first-order valence-electron chi connectivity index (χ1n) is 18.1. The van der Waals surface area contributed by atoms with Crippen LogP contribution in [-0.4, -0.2) is 60.8 Å². The predicted molar refractivity (Wildman–Crippen MR) is 196 cm³/mol. The van der Waals surface area contributed by atoms with Crippen LogP contribution in [0, 0.1) is 0 Å². The van der Waals surface area contributed by atoms with Crippen LogP contribution in [0.25, 0.3) is 11.1 Å². The van der Waals surface area contributed by atoms with Crippen molar-refractivity contribution in [3.8, 4) is 22.6 Å². The Kier molecular flexibility index (Phi) is 15.7. The van der Waals surface area contributed by atoms with Crippen molar-refractivity contribution >= 4 is 11.9 Å². The fourth-order valence-electron chi connectivity index (χ4n) is 6.07. The Bertz CT molecular complexity index is 1740. The molecule has 0 radical (unpaired) electrons. The normalized spacial score (nSPS) is 12.9. The number of ether oxygens (including phenoxy) is 4. The summed E-state index contributed by atoms with van der Waals surface area (Å²) in [6, 6.07) is 20.1. The third-order valence-corrected chi connectivity index (χ3v) is 8.80. The van der Waals surface area contributed by atoms with Gasteiger partial charge in [-0.2, -0.15) is 26.3 Å². The van der Waals surface area contributed by atoms with Crippen molar-refractivity contribution in [1.29, 1.82) is 0 Å². The molecule has 0 aliphatic rings. The topological polar surface area (TPSA) is 112 Å². The summed E-state index contributed by atoms with van der Waals surface area (Å²) >= 11 is 0. The van der Waals surface area contributed by atoms with Crippen molar-refractivity contribution < 1.29 is 65.1 Å². The van der Waals surface area contributed by atoms with Crippen LogP contribution in [0.1, 0.15) is 60.1 Å². The second-order valence-corrected chi connectivity index (χ2v) is 12.9. The van der Waals surface area contributed by atoms with E-state index in [-0.39, 0.29) is 63.2 Å². The molecular weight excluding hydrogens is 746 g/mol. The molecule has 0 amide bonds. The second kappa shape index (κ2) is 20.2. The number of halogens is 6. The average molecular weight is 791 g/mol. The van der Waals surface area contributed by atoms with E-state index in [9.17, 15) is 46.1 Å². The molecule has 14 heteroatoms. The molecule has 0 saturated heterocycles. The number of carboxylic acids is 2. The number of hydrogen-bond donors (Lipinski definition) is 2. The Morgan fingerprint density at radius 2 is 0.893 bits per heavy atom. The highest BCUT2D eigenvalue weighted by Gasteiger charge is 2.38. The van der Waals surface area contributed by atoms with E-state index in [0.29, 0.717) is 24.3 Å². The van der Waals surface area contributed by atoms with E-state index in [2.05, 4.69) is 0 Å². The largest absolute Gasteiger partial charge is 0.494 e. The van der Waals surface area contributed by atoms with Crippen molar-refractivity contribution in [2.75, 3.05) is 26.4 Å². The van der Waals surface area contributed by atoms with Gasteiger partial charge in [-0.1, -0.05) is 48.5 Å². The summed E-state index contributed by atoms with van der Waals surface area (Å²) in [5, 5.41) is 18.5. The van der Waals surface area contributed by atoms with Crippen LogP contribution in [0.2, 0.25) is 0 Å². The van der Waals surface area contributed by atoms with Gasteiger partial charge in [-0.05, 0) is 109 Å². The number of aliphatic carboxylic acids is 2. The lowest BCUT2D eigenvalue weighted by Gasteiger charge is -2.19. The van der Waals surface area contributed by atoms with Gasteiger partial charge in [0, 0.05) is 26.1 Å². The van der Waals surface area contributed by atoms with Crippen LogP contribution < -0.4 is 9.47 Å². The van der Waals surface area contributed by atoms with Gasteiger partial charge in [-0.25, -0.2) is 9.59 Å². The summed E-state index contributed by atoms with van der Waals surface area (Å²) in [6.07, 6.45) is -10.5. The van der Waals surface area contributed by atoms with Crippen molar-refractivity contribution in [3.05, 3.63) is 118 Å². The van der Waals surface area contributed by atoms with Gasteiger partial charge in [0.05, 0.1) is 24.3 Å². The number of rotatable bonds is 21. The molecule has 2 atom stereocenters. The highest BCUT2D eigenvalue weighted by Crippen LogP contribution is 2.43. The summed E-state index contributed by atoms with van der Waals surface area (Å²) in [5.74, 6) is -1.18. The van der Waals surface area contributed by atoms with Crippen molar-refractivity contribution in [2.24, 2.45) is 0 Å². The van der Waals surface area contributed by atoms with Gasteiger partial charge in [0.2, 0.25) is 0 Å². The number of carboxylic acid groups (broad SMARTS) is 2. The molecule has 8 nitrogen and oxygen atoms in total. The van der Waals surface area contributed by atoms with Crippen LogP contribution in [0.4, 0.5) is 26.3 Å². The minimum Gasteiger partial charge on any atom is -0.494 e. The summed E-state index contributed by atoms with van der Waals surface area (Å²) < 4.78 is 108. The molecular formula is C42H44F6O8. The highest BCUT2D eigenvalue weighted by molar-refractivity contribution is 5.74. The predicted octanol–water partition coefficient (Wildman–Crippen LogP) is 9.48. The molecule has 0 saturated carbocycles. The van der Waals surface area contributed by atoms with Gasteiger partial charge in [-0.15, -0.1) is 0 Å². The second-order valence-electron chi connectivity index (χ2n) is 12.9. The first kappa shape index (κ1) is 43.6. The molecule has 302 valence electrons. The first-order chi connectivity index (χ1) is 26.6. The summed E-state index contributed by atoms with van der Waals surface area (Å²) in [4.78, 5) is 22.7. The van der Waals surface area contributed by atoms with Crippen LogP contribution in [0.5, 0.6) is 11.5 Å². The fourth-order valence-corrected chi connectivity index (χ4v) is 6.07. The molecule has 0 aliphatic carbocycles. The van der Waals surface area contributed by atoms with E-state index in [1.807, 2.05) is 0 Å². The quantitative estimate of drug-likeness (QED) is 0.0635. The number of aryl methyl sites for hydroxylation is 2. The maximum Gasteiger partial charge on any atom is 0.417 e. The van der Waals surface area contributed by atoms with Gasteiger partial charge in [0.1, 0.15) is 11.5 Å². The van der Waals surface area contributed by atoms with E-state index >= 15 is 0 Å². The zero-order chi connectivity index (χ0) is 40.9. The lowest BCUT2D eigenvalue weighted by atomic mass is 9.91. The van der Waals surface area contributed by atoms with Crippen LogP contribution in [-0.2, 0) is 57.1 Å². The number of alkyl halides is 6. The molecule has 0 aromatic heterocycles. The number of carbonyl (C=O) groups is 2. The Balaban J connectivity index is 1.37. The Morgan fingerprint density at radius 3 is 1.20 bits per heavy atom. The molecule has 4 rings (SSSR count). The zero-order valence-corrected chi connectivity index (χ0v) is 30.9. The van der Waals surface area contributed by atoms with Gasteiger partial charge in [0.25, 0.3) is 0 Å². The van der Waals surface area contributed by atoms with E-state index in [1.165, 1.54) is 12.1 Å². The van der Waals surface area contributed by atoms with Crippen molar-refractivity contribution in [2.45, 2.75) is 76.9 Å². The van der Waals surface area contributed by atoms with E-state index < -0.39 is 58.8 Å². The van der Waals surface area contributed by atoms with E-state index in [4.69, 9.17) is 18.9 Å². The third kappa shape index (κ3) is 13.0. The molecule has 4 aromatic rings. The highest BCUT2D eigenvalue weighted by atomic mass is 19.4. The van der Waals surface area contributed by atoms with Gasteiger partial charge < -0.3 is 29.2 Å². The lowest BCUT2D eigenvalue weighted by molar-refractivity contribution is -0.150. The SMILES string of the molecule is CCOC(Cc1ccc(OCCCc2ccc(-c3ccc(CCCOc4ccc(CC(OCC)C(=O)O)cc4)cc3C(F)(F)F)c(C(F)(F)F)c2)cc1)C(=O)O. The van der Waals surface area contributed by atoms with E-state index in [1.54, 1.807) is 62.4 Å². The molecule has 2 unspecified atom stereocenters. The van der Waals surface area contributed by atoms with Gasteiger partial charge in [0.15, 0.2) is 12.2 Å². The third-order valence-electron chi connectivity index (χ3n) is 8.80. The monoisotopic (exact) mass is 790 g/mol. The Labute approximate surface area is 321 Å². The molecule has 4 aromatic carbocycles. The minimum atomic E-state index is -4.93. The molecule has 2 N–H and O–H groups in total. The average Bonchev–Trinajstić information content (AvgIpc) is 3.15. The van der Waals surface area contributed by atoms with Gasteiger partial charge >= 0.3 is 24.3 Å². The first-order valence-corrected chi connectivity index (χ1v) is 18.1. The van der Waals surface area contributed by atoms with Crippen LogP contribution in [0.15, 0.2) is 84.9 Å². The smallest absolute Gasteiger partial charge is 0.417 e. The maximum absolute atomic E-state index is 14.3. The zero-order valence-electron chi connectivity index (χ0n) is 30.9. The van der Waals surface area contributed by atoms with Gasteiger partial charge in [-0.3, -0.25) is 0 Å². The number of benzene rings is 4. The summed E-state index contributed by atoms with van der Waals surface area (Å²) in [6.45, 7) is 4.21. The minimum absolute atomic E-state index is 0.153. The molecule has 56 heavy (non-hydrogen) atoms. The van der Waals surface area contributed by atoms with Crippen molar-refractivity contribution in [3.63, 3.8) is 0 Å². The maximum atomic E-state index is 14.3. The molecule has 0 bridgehead atoms. The standard InChI is InChI=1S/C42H44F6O8/c1-3-53-37(39(49)50)25-29-9-15-31(16-10-29)55-21-5-7-27-13-19-33(35(23-27)41(43,44)45)34-20-14-28(24-36(34)42(46,47)48)8-6-22-56-32-17-11-30(12-18-32)26-38(40(51)52)54-4-2/h9-20,23-24,37-38H,3-8,21-22,25-26H2,1-2H3,(H,49,50)(H,51,52). The number of hydrogen-bond acceptors (Lipinski definition) is 6. The van der Waals surface area contributed by atoms with Crippen LogP contribution in [0.3, 0.4) is 0 Å². The molecule has 0 heterocycles.